The van der Waals surface area contributed by atoms with Crippen LogP contribution in [0.4, 0.5) is 5.69 Å². The average molecular weight is 285 g/mol. The fourth-order valence-electron chi connectivity index (χ4n) is 1.66. The Bertz CT molecular complexity index is 404. The molecule has 4 nitrogen and oxygen atoms in total. The Kier molecular flexibility index (Phi) is 6.28. The largest absolute Gasteiger partial charge is 0.375 e. The SMILES string of the molecule is CCOC(C)(C)CNCC(=O)Nc1ccc(Cl)cc1. The molecule has 0 saturated heterocycles. The Balaban J connectivity index is 2.30. The first-order chi connectivity index (χ1) is 8.93. The van der Waals surface area contributed by atoms with Gasteiger partial charge in [-0.1, -0.05) is 11.6 Å². The summed E-state index contributed by atoms with van der Waals surface area (Å²) in [7, 11) is 0. The summed E-state index contributed by atoms with van der Waals surface area (Å²) in [6, 6.07) is 7.01. The topological polar surface area (TPSA) is 50.4 Å². The summed E-state index contributed by atoms with van der Waals surface area (Å²) in [6.07, 6.45) is 0. The first-order valence-electron chi connectivity index (χ1n) is 6.33. The summed E-state index contributed by atoms with van der Waals surface area (Å²) in [4.78, 5) is 11.7. The molecule has 0 atom stereocenters. The number of benzene rings is 1. The van der Waals surface area contributed by atoms with Crippen molar-refractivity contribution >= 4 is 23.2 Å². The molecule has 106 valence electrons. The molecule has 1 aromatic rings. The van der Waals surface area contributed by atoms with Crippen LogP contribution in [0.3, 0.4) is 0 Å². The van der Waals surface area contributed by atoms with Crippen LogP contribution < -0.4 is 10.6 Å². The maximum atomic E-state index is 11.7. The van der Waals surface area contributed by atoms with Crippen molar-refractivity contribution in [3.8, 4) is 0 Å². The van der Waals surface area contributed by atoms with E-state index in [0.717, 1.165) is 5.69 Å². The Morgan fingerprint density at radius 2 is 1.95 bits per heavy atom. The minimum atomic E-state index is -0.269. The predicted molar refractivity (Wildman–Crippen MR) is 78.7 cm³/mol. The van der Waals surface area contributed by atoms with Gasteiger partial charge in [0, 0.05) is 23.9 Å². The molecule has 5 heteroatoms. The van der Waals surface area contributed by atoms with Crippen LogP contribution in [0.15, 0.2) is 24.3 Å². The lowest BCUT2D eigenvalue weighted by molar-refractivity contribution is -0.115. The van der Waals surface area contributed by atoms with Gasteiger partial charge in [-0.3, -0.25) is 4.79 Å². The van der Waals surface area contributed by atoms with Crippen LogP contribution in [0.25, 0.3) is 0 Å². The standard InChI is InChI=1S/C14H21ClN2O2/c1-4-19-14(2,3)10-16-9-13(18)17-12-7-5-11(15)6-8-12/h5-8,16H,4,9-10H2,1-3H3,(H,17,18). The quantitative estimate of drug-likeness (QED) is 0.809. The van der Waals surface area contributed by atoms with Gasteiger partial charge in [-0.25, -0.2) is 0 Å². The van der Waals surface area contributed by atoms with Gasteiger partial charge in [-0.2, -0.15) is 0 Å². The molecule has 1 rings (SSSR count). The summed E-state index contributed by atoms with van der Waals surface area (Å²) < 4.78 is 5.53. The molecule has 0 heterocycles. The Hall–Kier alpha value is -1.10. The molecular formula is C14H21ClN2O2. The Labute approximate surface area is 119 Å². The van der Waals surface area contributed by atoms with Gasteiger partial charge >= 0.3 is 0 Å². The molecule has 2 N–H and O–H groups in total. The second kappa shape index (κ2) is 7.48. The zero-order valence-corrected chi connectivity index (χ0v) is 12.4. The zero-order chi connectivity index (χ0) is 14.3. The molecule has 19 heavy (non-hydrogen) atoms. The molecule has 0 aliphatic rings. The molecule has 0 unspecified atom stereocenters. The van der Waals surface area contributed by atoms with Crippen molar-refractivity contribution in [2.24, 2.45) is 0 Å². The molecule has 0 aliphatic heterocycles. The van der Waals surface area contributed by atoms with Crippen molar-refractivity contribution in [2.45, 2.75) is 26.4 Å². The van der Waals surface area contributed by atoms with E-state index in [1.54, 1.807) is 24.3 Å². The van der Waals surface area contributed by atoms with Crippen LogP contribution in [0.5, 0.6) is 0 Å². The third-order valence-corrected chi connectivity index (χ3v) is 2.75. The summed E-state index contributed by atoms with van der Waals surface area (Å²) in [5, 5.41) is 6.51. The van der Waals surface area contributed by atoms with E-state index in [1.807, 2.05) is 20.8 Å². The molecule has 0 fully saturated rings. The molecule has 1 aromatic carbocycles. The van der Waals surface area contributed by atoms with Crippen molar-refractivity contribution in [1.29, 1.82) is 0 Å². The van der Waals surface area contributed by atoms with Crippen molar-refractivity contribution in [2.75, 3.05) is 25.0 Å². The van der Waals surface area contributed by atoms with Crippen LogP contribution in [0.1, 0.15) is 20.8 Å². The number of carbonyl (C=O) groups excluding carboxylic acids is 1. The van der Waals surface area contributed by atoms with Gasteiger partial charge in [0.1, 0.15) is 0 Å². The van der Waals surface area contributed by atoms with Gasteiger partial charge in [0.15, 0.2) is 0 Å². The summed E-state index contributed by atoms with van der Waals surface area (Å²) in [5.74, 6) is -0.0883. The number of nitrogens with one attached hydrogen (secondary N) is 2. The van der Waals surface area contributed by atoms with Crippen LogP contribution in [0, 0.1) is 0 Å². The van der Waals surface area contributed by atoms with Gasteiger partial charge in [0.05, 0.1) is 12.1 Å². The van der Waals surface area contributed by atoms with E-state index in [2.05, 4.69) is 10.6 Å². The highest BCUT2D eigenvalue weighted by Crippen LogP contribution is 2.13. The van der Waals surface area contributed by atoms with Crippen LogP contribution in [-0.2, 0) is 9.53 Å². The van der Waals surface area contributed by atoms with E-state index < -0.39 is 0 Å². The normalized spacial score (nSPS) is 11.4. The smallest absolute Gasteiger partial charge is 0.238 e. The number of hydrogen-bond acceptors (Lipinski definition) is 3. The van der Waals surface area contributed by atoms with Crippen molar-refractivity contribution < 1.29 is 9.53 Å². The number of amides is 1. The van der Waals surface area contributed by atoms with E-state index in [-0.39, 0.29) is 18.1 Å². The fourth-order valence-corrected chi connectivity index (χ4v) is 1.78. The Morgan fingerprint density at radius 1 is 1.32 bits per heavy atom. The minimum absolute atomic E-state index is 0.0883. The minimum Gasteiger partial charge on any atom is -0.375 e. The summed E-state index contributed by atoms with van der Waals surface area (Å²) >= 11 is 5.77. The van der Waals surface area contributed by atoms with Gasteiger partial charge in [0.25, 0.3) is 0 Å². The summed E-state index contributed by atoms with van der Waals surface area (Å²) in [5.41, 5.74) is 0.468. The van der Waals surface area contributed by atoms with Crippen molar-refractivity contribution in [3.63, 3.8) is 0 Å². The number of halogens is 1. The first kappa shape index (κ1) is 16.0. The fraction of sp³-hybridized carbons (Fsp3) is 0.500. The highest BCUT2D eigenvalue weighted by atomic mass is 35.5. The number of rotatable bonds is 7. The first-order valence-corrected chi connectivity index (χ1v) is 6.71. The molecule has 0 radical (unpaired) electrons. The van der Waals surface area contributed by atoms with Gasteiger partial charge in [-0.15, -0.1) is 0 Å². The maximum absolute atomic E-state index is 11.7. The summed E-state index contributed by atoms with van der Waals surface area (Å²) in [6.45, 7) is 7.45. The van der Waals surface area contributed by atoms with E-state index in [1.165, 1.54) is 0 Å². The second-order valence-electron chi connectivity index (χ2n) is 4.85. The van der Waals surface area contributed by atoms with E-state index >= 15 is 0 Å². The molecule has 1 amide bonds. The van der Waals surface area contributed by atoms with Gasteiger partial charge < -0.3 is 15.4 Å². The van der Waals surface area contributed by atoms with Gasteiger partial charge in [0.2, 0.25) is 5.91 Å². The van der Waals surface area contributed by atoms with E-state index in [9.17, 15) is 4.79 Å². The predicted octanol–water partition coefficient (Wildman–Crippen LogP) is 2.68. The Morgan fingerprint density at radius 3 is 2.53 bits per heavy atom. The van der Waals surface area contributed by atoms with Crippen LogP contribution >= 0.6 is 11.6 Å². The monoisotopic (exact) mass is 284 g/mol. The lowest BCUT2D eigenvalue weighted by Gasteiger charge is -2.24. The third kappa shape index (κ3) is 6.57. The van der Waals surface area contributed by atoms with Crippen molar-refractivity contribution in [3.05, 3.63) is 29.3 Å². The third-order valence-electron chi connectivity index (χ3n) is 2.50. The number of ether oxygens (including phenoxy) is 1. The average Bonchev–Trinajstić information content (AvgIpc) is 2.31. The van der Waals surface area contributed by atoms with E-state index in [0.29, 0.717) is 18.2 Å². The van der Waals surface area contributed by atoms with Crippen LogP contribution in [-0.4, -0.2) is 31.2 Å². The number of anilines is 1. The van der Waals surface area contributed by atoms with Crippen molar-refractivity contribution in [1.82, 2.24) is 5.32 Å². The highest BCUT2D eigenvalue weighted by molar-refractivity contribution is 6.30. The molecule has 0 saturated carbocycles. The number of hydrogen-bond donors (Lipinski definition) is 2. The molecule has 0 spiro atoms. The van der Waals surface area contributed by atoms with E-state index in [4.69, 9.17) is 16.3 Å². The molecular weight excluding hydrogens is 264 g/mol. The maximum Gasteiger partial charge on any atom is 0.238 e. The lowest BCUT2D eigenvalue weighted by atomic mass is 10.1. The highest BCUT2D eigenvalue weighted by Gasteiger charge is 2.17. The number of carbonyl (C=O) groups is 1. The zero-order valence-electron chi connectivity index (χ0n) is 11.6. The second-order valence-corrected chi connectivity index (χ2v) is 5.29. The van der Waals surface area contributed by atoms with Crippen LogP contribution in [0.2, 0.25) is 5.02 Å². The molecule has 0 aliphatic carbocycles. The molecule has 0 aromatic heterocycles. The lowest BCUT2D eigenvalue weighted by Crippen LogP contribution is -2.40. The molecule has 0 bridgehead atoms. The van der Waals surface area contributed by atoms with Gasteiger partial charge in [-0.05, 0) is 45.0 Å².